The van der Waals surface area contributed by atoms with Crippen LogP contribution in [0.1, 0.15) is 42.7 Å². The molecule has 0 radical (unpaired) electrons. The van der Waals surface area contributed by atoms with Crippen LogP contribution < -0.4 is 10.9 Å². The Morgan fingerprint density at radius 3 is 2.83 bits per heavy atom. The Bertz CT molecular complexity index is 1300. The third kappa shape index (κ3) is 4.97. The van der Waals surface area contributed by atoms with E-state index in [1.165, 1.54) is 6.07 Å². The van der Waals surface area contributed by atoms with Crippen LogP contribution in [0.5, 0.6) is 0 Å². The molecule has 5 rings (SSSR count). The van der Waals surface area contributed by atoms with Crippen LogP contribution in [-0.2, 0) is 29.7 Å². The molecule has 2 atom stereocenters. The van der Waals surface area contributed by atoms with Crippen LogP contribution in [0.25, 0.3) is 10.9 Å². The maximum absolute atomic E-state index is 15.0. The highest BCUT2D eigenvalue weighted by Gasteiger charge is 2.40. The van der Waals surface area contributed by atoms with Gasteiger partial charge in [-0.15, -0.1) is 0 Å². The third-order valence-electron chi connectivity index (χ3n) is 7.65. The van der Waals surface area contributed by atoms with Crippen molar-refractivity contribution in [3.8, 4) is 0 Å². The molecule has 7 nitrogen and oxygen atoms in total. The number of aromatic nitrogens is 2. The van der Waals surface area contributed by atoms with E-state index in [4.69, 9.17) is 4.74 Å². The van der Waals surface area contributed by atoms with Crippen molar-refractivity contribution in [1.82, 2.24) is 19.4 Å². The number of pyridine rings is 1. The van der Waals surface area contributed by atoms with Gasteiger partial charge in [0.1, 0.15) is 5.82 Å². The average molecular weight is 495 g/mol. The van der Waals surface area contributed by atoms with Crippen LogP contribution in [0.3, 0.4) is 0 Å². The van der Waals surface area contributed by atoms with E-state index in [2.05, 4.69) is 9.88 Å². The molecule has 2 aromatic heterocycles. The van der Waals surface area contributed by atoms with E-state index in [9.17, 15) is 9.59 Å². The molecule has 0 spiro atoms. The quantitative estimate of drug-likeness (QED) is 0.463. The average Bonchev–Trinajstić information content (AvgIpc) is 3.66. The monoisotopic (exact) mass is 494 g/mol. The summed E-state index contributed by atoms with van der Waals surface area (Å²) in [5.74, 6) is -0.437. The summed E-state index contributed by atoms with van der Waals surface area (Å²) in [6, 6.07) is 8.98. The zero-order chi connectivity index (χ0) is 25.2. The molecular formula is C28H35FN4O3. The summed E-state index contributed by atoms with van der Waals surface area (Å²) in [4.78, 5) is 28.3. The van der Waals surface area contributed by atoms with Gasteiger partial charge in [0.15, 0.2) is 0 Å². The minimum absolute atomic E-state index is 0.0129. The highest BCUT2D eigenvalue weighted by molar-refractivity contribution is 5.86. The van der Waals surface area contributed by atoms with Gasteiger partial charge >= 0.3 is 0 Å². The molecule has 1 aliphatic carbocycles. The van der Waals surface area contributed by atoms with E-state index in [1.54, 1.807) is 37.1 Å². The van der Waals surface area contributed by atoms with Gasteiger partial charge in [-0.05, 0) is 67.5 Å². The van der Waals surface area contributed by atoms with Gasteiger partial charge in [0.2, 0.25) is 5.91 Å². The first-order chi connectivity index (χ1) is 17.5. The second-order valence-electron chi connectivity index (χ2n) is 10.1. The molecular weight excluding hydrogens is 459 g/mol. The first-order valence-electron chi connectivity index (χ1n) is 12.9. The smallest absolute Gasteiger partial charge is 0.250 e. The van der Waals surface area contributed by atoms with Crippen molar-refractivity contribution in [2.24, 2.45) is 13.0 Å². The number of nitrogens with zero attached hydrogens (tertiary/aromatic N) is 3. The number of ether oxygens (including phenoxy) is 1. The van der Waals surface area contributed by atoms with E-state index < -0.39 is 0 Å². The second kappa shape index (κ2) is 10.6. The molecule has 1 N–H and O–H groups in total. The SMILES string of the molecule is COCCCn1cc(CN(C(=O)[C@H]2CNCCC2c2ccn(C)c(=O)c2)C2CC2)c2c(F)cccc21. The fourth-order valence-electron chi connectivity index (χ4n) is 5.56. The van der Waals surface area contributed by atoms with Gasteiger partial charge in [-0.3, -0.25) is 9.59 Å². The van der Waals surface area contributed by atoms with E-state index in [-0.39, 0.29) is 35.2 Å². The lowest BCUT2D eigenvalue weighted by Crippen LogP contribution is -2.47. The molecule has 1 saturated heterocycles. The summed E-state index contributed by atoms with van der Waals surface area (Å²) in [5, 5.41) is 3.98. The Balaban J connectivity index is 1.44. The number of carbonyl (C=O) groups excluding carboxylic acids is 1. The molecule has 2 fully saturated rings. The number of hydrogen-bond donors (Lipinski definition) is 1. The Hall–Kier alpha value is -2.97. The molecule has 36 heavy (non-hydrogen) atoms. The van der Waals surface area contributed by atoms with Crippen molar-refractivity contribution in [2.45, 2.75) is 50.7 Å². The standard InChI is InChI=1S/C28H35FN4O3/c1-31-13-10-19(15-26(31)34)22-9-11-30-16-23(22)28(35)33(21-7-8-21)18-20-17-32(12-4-14-36-2)25-6-3-5-24(29)27(20)25/h3,5-6,10,13,15,17,21-23,30H,4,7-9,11-12,14,16,18H2,1-2H3/t22?,23-/m0/s1. The summed E-state index contributed by atoms with van der Waals surface area (Å²) in [6.45, 7) is 3.14. The minimum atomic E-state index is -0.258. The van der Waals surface area contributed by atoms with Gasteiger partial charge < -0.3 is 24.1 Å². The van der Waals surface area contributed by atoms with Crippen LogP contribution in [0, 0.1) is 11.7 Å². The number of rotatable bonds is 9. The molecule has 192 valence electrons. The molecule has 1 unspecified atom stereocenters. The lowest BCUT2D eigenvalue weighted by atomic mass is 9.80. The first kappa shape index (κ1) is 24.7. The van der Waals surface area contributed by atoms with Crippen molar-refractivity contribution in [2.75, 3.05) is 26.8 Å². The molecule has 8 heteroatoms. The van der Waals surface area contributed by atoms with Gasteiger partial charge in [-0.25, -0.2) is 4.39 Å². The van der Waals surface area contributed by atoms with Gasteiger partial charge in [-0.1, -0.05) is 6.07 Å². The number of nitrogens with one attached hydrogen (secondary N) is 1. The van der Waals surface area contributed by atoms with Crippen molar-refractivity contribution < 1.29 is 13.9 Å². The lowest BCUT2D eigenvalue weighted by molar-refractivity contribution is -0.138. The van der Waals surface area contributed by atoms with Gasteiger partial charge in [0, 0.05) is 70.3 Å². The summed E-state index contributed by atoms with van der Waals surface area (Å²) in [5.41, 5.74) is 2.55. The first-order valence-corrected chi connectivity index (χ1v) is 12.9. The highest BCUT2D eigenvalue weighted by atomic mass is 19.1. The van der Waals surface area contributed by atoms with E-state index in [0.29, 0.717) is 25.1 Å². The Morgan fingerprint density at radius 1 is 1.25 bits per heavy atom. The van der Waals surface area contributed by atoms with Crippen LogP contribution in [-0.4, -0.2) is 52.8 Å². The molecule has 3 aromatic rings. The zero-order valence-electron chi connectivity index (χ0n) is 21.1. The van der Waals surface area contributed by atoms with Crippen molar-refractivity contribution >= 4 is 16.8 Å². The third-order valence-corrected chi connectivity index (χ3v) is 7.65. The Labute approximate surface area is 210 Å². The van der Waals surface area contributed by atoms with Gasteiger partial charge in [-0.2, -0.15) is 0 Å². The topological polar surface area (TPSA) is 68.5 Å². The lowest BCUT2D eigenvalue weighted by Gasteiger charge is -2.35. The fraction of sp³-hybridized carbons (Fsp3) is 0.500. The van der Waals surface area contributed by atoms with E-state index in [1.807, 2.05) is 23.2 Å². The summed E-state index contributed by atoms with van der Waals surface area (Å²) >= 11 is 0. The van der Waals surface area contributed by atoms with Crippen LogP contribution in [0.2, 0.25) is 0 Å². The fourth-order valence-corrected chi connectivity index (χ4v) is 5.56. The zero-order valence-corrected chi connectivity index (χ0v) is 21.1. The number of hydrogen-bond acceptors (Lipinski definition) is 4. The van der Waals surface area contributed by atoms with Crippen LogP contribution in [0.4, 0.5) is 4.39 Å². The molecule has 0 bridgehead atoms. The Kier molecular flexibility index (Phi) is 7.25. The molecule has 2 aliphatic rings. The molecule has 1 aromatic carbocycles. The largest absolute Gasteiger partial charge is 0.385 e. The van der Waals surface area contributed by atoms with Crippen LogP contribution in [0.15, 0.2) is 47.5 Å². The van der Waals surface area contributed by atoms with E-state index >= 15 is 4.39 Å². The van der Waals surface area contributed by atoms with Crippen LogP contribution >= 0.6 is 0 Å². The molecule has 1 saturated carbocycles. The predicted molar refractivity (Wildman–Crippen MR) is 137 cm³/mol. The molecule has 1 amide bonds. The van der Waals surface area contributed by atoms with Gasteiger partial charge in [0.05, 0.1) is 11.4 Å². The normalized spacial score (nSPS) is 20.1. The number of carbonyl (C=O) groups is 1. The highest BCUT2D eigenvalue weighted by Crippen LogP contribution is 2.37. The number of methoxy groups -OCH3 is 1. The number of piperidine rings is 1. The number of fused-ring (bicyclic) bond motifs is 1. The number of halogens is 1. The molecule has 1 aliphatic heterocycles. The predicted octanol–water partition coefficient (Wildman–Crippen LogP) is 3.40. The second-order valence-corrected chi connectivity index (χ2v) is 10.1. The summed E-state index contributed by atoms with van der Waals surface area (Å²) < 4.78 is 23.9. The number of benzene rings is 1. The maximum atomic E-state index is 15.0. The van der Waals surface area contributed by atoms with Gasteiger partial charge in [0.25, 0.3) is 5.56 Å². The summed E-state index contributed by atoms with van der Waals surface area (Å²) in [7, 11) is 3.41. The minimum Gasteiger partial charge on any atom is -0.385 e. The summed E-state index contributed by atoms with van der Waals surface area (Å²) in [6.07, 6.45) is 7.35. The Morgan fingerprint density at radius 2 is 2.08 bits per heavy atom. The van der Waals surface area contributed by atoms with E-state index in [0.717, 1.165) is 55.4 Å². The van der Waals surface area contributed by atoms with Crippen molar-refractivity contribution in [1.29, 1.82) is 0 Å². The number of amides is 1. The number of aryl methyl sites for hydroxylation is 2. The van der Waals surface area contributed by atoms with Crippen molar-refractivity contribution in [3.63, 3.8) is 0 Å². The molecule has 3 heterocycles. The maximum Gasteiger partial charge on any atom is 0.250 e. The van der Waals surface area contributed by atoms with Crippen molar-refractivity contribution in [3.05, 3.63) is 70.0 Å².